The van der Waals surface area contributed by atoms with E-state index in [2.05, 4.69) is 0 Å². The number of hydrogen-bond donors (Lipinski definition) is 6. The van der Waals surface area contributed by atoms with Crippen LogP contribution >= 0.6 is 0 Å². The van der Waals surface area contributed by atoms with Crippen molar-refractivity contribution in [3.05, 3.63) is 11.6 Å². The number of rotatable bonds is 4. The van der Waals surface area contributed by atoms with E-state index >= 15 is 0 Å². The van der Waals surface area contributed by atoms with Crippen molar-refractivity contribution in [2.75, 3.05) is 13.2 Å². The van der Waals surface area contributed by atoms with Gasteiger partial charge in [0, 0.05) is 23.3 Å². The Morgan fingerprint density at radius 2 is 1.76 bits per heavy atom. The zero-order valence-corrected chi connectivity index (χ0v) is 22.2. The zero-order valence-electron chi connectivity index (χ0n) is 22.2. The second kappa shape index (κ2) is 8.94. The fourth-order valence-corrected chi connectivity index (χ4v) is 9.74. The number of fused-ring (bicyclic) bond motifs is 5. The lowest BCUT2D eigenvalue weighted by molar-refractivity contribution is -0.291. The van der Waals surface area contributed by atoms with Crippen molar-refractivity contribution in [3.8, 4) is 0 Å². The summed E-state index contributed by atoms with van der Waals surface area (Å²) >= 11 is 0. The van der Waals surface area contributed by atoms with Crippen molar-refractivity contribution in [3.63, 3.8) is 0 Å². The van der Waals surface area contributed by atoms with Crippen molar-refractivity contribution >= 4 is 5.97 Å². The summed E-state index contributed by atoms with van der Waals surface area (Å²) in [6, 6.07) is 0. The van der Waals surface area contributed by atoms with Crippen LogP contribution in [0.1, 0.15) is 65.2 Å². The smallest absolute Gasteiger partial charge is 0.331 e. The molecule has 0 radical (unpaired) electrons. The first-order chi connectivity index (χ1) is 17.9. The zero-order chi connectivity index (χ0) is 27.3. The molecule has 13 atom stereocenters. The highest BCUT2D eigenvalue weighted by Crippen LogP contribution is 2.70. The number of ether oxygens (including phenoxy) is 3. The Kier molecular flexibility index (Phi) is 6.37. The van der Waals surface area contributed by atoms with Gasteiger partial charge in [0.1, 0.15) is 24.9 Å². The van der Waals surface area contributed by atoms with Gasteiger partial charge in [0.05, 0.1) is 30.0 Å². The van der Waals surface area contributed by atoms with Gasteiger partial charge in [-0.25, -0.2) is 4.79 Å². The Morgan fingerprint density at radius 1 is 1.00 bits per heavy atom. The standard InChI is InChI=1S/C28H42O10/c1-25-6-3-15(37-24-23(33)22(32)19(12-29)38-24)10-27(25,34)7-4-17-21(25)18(30)11-26(2)16(5-8-28(17,26)35)14-9-20(31)36-13-14/h9,15-19,21-24,29-30,32-35H,3-8,10-13H2,1-2H3. The van der Waals surface area contributed by atoms with E-state index in [1.54, 1.807) is 6.08 Å². The van der Waals surface area contributed by atoms with E-state index in [-0.39, 0.29) is 36.8 Å². The molecule has 10 heteroatoms. The molecule has 4 aliphatic carbocycles. The highest BCUT2D eigenvalue weighted by molar-refractivity contribution is 5.85. The van der Waals surface area contributed by atoms with Gasteiger partial charge in [0.15, 0.2) is 6.29 Å². The van der Waals surface area contributed by atoms with Crippen molar-refractivity contribution in [2.24, 2.45) is 28.6 Å². The van der Waals surface area contributed by atoms with Crippen LogP contribution in [0, 0.1) is 28.6 Å². The summed E-state index contributed by atoms with van der Waals surface area (Å²) in [6.45, 7) is 3.88. The third-order valence-corrected chi connectivity index (χ3v) is 11.8. The molecule has 0 aromatic heterocycles. The lowest BCUT2D eigenvalue weighted by atomic mass is 9.41. The average Bonchev–Trinajstić information content (AvgIpc) is 3.49. The van der Waals surface area contributed by atoms with E-state index < -0.39 is 65.4 Å². The van der Waals surface area contributed by atoms with E-state index in [1.807, 2.05) is 13.8 Å². The molecule has 0 amide bonds. The van der Waals surface area contributed by atoms with Gasteiger partial charge in [-0.2, -0.15) is 0 Å². The Balaban J connectivity index is 1.23. The molecule has 214 valence electrons. The number of aliphatic hydroxyl groups is 6. The highest BCUT2D eigenvalue weighted by atomic mass is 16.7. The fourth-order valence-electron chi connectivity index (χ4n) is 9.74. The molecule has 6 rings (SSSR count). The summed E-state index contributed by atoms with van der Waals surface area (Å²) in [5.74, 6) is -0.880. The summed E-state index contributed by atoms with van der Waals surface area (Å²) < 4.78 is 16.7. The largest absolute Gasteiger partial charge is 0.458 e. The molecular weight excluding hydrogens is 496 g/mol. The fraction of sp³-hybridized carbons (Fsp3) is 0.893. The van der Waals surface area contributed by atoms with Crippen LogP contribution in [0.2, 0.25) is 0 Å². The van der Waals surface area contributed by atoms with Crippen molar-refractivity contribution in [1.29, 1.82) is 0 Å². The second-order valence-corrected chi connectivity index (χ2v) is 13.4. The van der Waals surface area contributed by atoms with E-state index in [1.165, 1.54) is 0 Å². The van der Waals surface area contributed by atoms with Crippen LogP contribution in [0.15, 0.2) is 11.6 Å². The van der Waals surface area contributed by atoms with Gasteiger partial charge in [0.25, 0.3) is 0 Å². The van der Waals surface area contributed by atoms with Crippen LogP contribution < -0.4 is 0 Å². The molecule has 5 fully saturated rings. The van der Waals surface area contributed by atoms with Gasteiger partial charge >= 0.3 is 5.97 Å². The number of aliphatic hydroxyl groups excluding tert-OH is 4. The third-order valence-electron chi connectivity index (χ3n) is 11.8. The Morgan fingerprint density at radius 3 is 2.42 bits per heavy atom. The van der Waals surface area contributed by atoms with Gasteiger partial charge in [-0.15, -0.1) is 0 Å². The maximum atomic E-state index is 12.4. The summed E-state index contributed by atoms with van der Waals surface area (Å²) in [4.78, 5) is 11.8. The van der Waals surface area contributed by atoms with Crippen molar-refractivity contribution in [2.45, 2.75) is 113 Å². The van der Waals surface area contributed by atoms with Gasteiger partial charge in [0.2, 0.25) is 0 Å². The number of esters is 1. The van der Waals surface area contributed by atoms with Crippen LogP contribution in [-0.2, 0) is 19.0 Å². The van der Waals surface area contributed by atoms with E-state index in [0.717, 1.165) is 12.0 Å². The van der Waals surface area contributed by atoms with Crippen LogP contribution in [0.4, 0.5) is 0 Å². The van der Waals surface area contributed by atoms with Crippen LogP contribution in [0.5, 0.6) is 0 Å². The topological polar surface area (TPSA) is 166 Å². The van der Waals surface area contributed by atoms with Crippen LogP contribution in [-0.4, -0.2) is 97.8 Å². The molecule has 0 bridgehead atoms. The molecule has 10 nitrogen and oxygen atoms in total. The van der Waals surface area contributed by atoms with Crippen LogP contribution in [0.3, 0.4) is 0 Å². The van der Waals surface area contributed by atoms with Crippen molar-refractivity contribution < 1.29 is 49.6 Å². The van der Waals surface area contributed by atoms with Gasteiger partial charge < -0.3 is 44.8 Å². The van der Waals surface area contributed by atoms with Gasteiger partial charge in [-0.1, -0.05) is 13.8 Å². The lowest BCUT2D eigenvalue weighted by Gasteiger charge is -2.67. The Hall–Kier alpha value is -1.11. The maximum absolute atomic E-state index is 12.4. The molecule has 6 aliphatic rings. The minimum Gasteiger partial charge on any atom is -0.458 e. The molecule has 0 aromatic rings. The van der Waals surface area contributed by atoms with Gasteiger partial charge in [-0.3, -0.25) is 0 Å². The minimum atomic E-state index is -1.29. The Bertz CT molecular complexity index is 1000. The molecule has 38 heavy (non-hydrogen) atoms. The van der Waals surface area contributed by atoms with E-state index in [4.69, 9.17) is 14.2 Å². The third kappa shape index (κ3) is 3.57. The molecule has 4 saturated carbocycles. The summed E-state index contributed by atoms with van der Waals surface area (Å²) in [7, 11) is 0. The average molecular weight is 539 g/mol. The minimum absolute atomic E-state index is 0.0387. The predicted octanol–water partition coefficient (Wildman–Crippen LogP) is 0.153. The summed E-state index contributed by atoms with van der Waals surface area (Å²) in [5, 5.41) is 65.9. The normalized spacial score (nSPS) is 56.2. The maximum Gasteiger partial charge on any atom is 0.331 e. The molecule has 0 spiro atoms. The van der Waals surface area contributed by atoms with E-state index in [9.17, 15) is 35.4 Å². The van der Waals surface area contributed by atoms with Crippen molar-refractivity contribution in [1.82, 2.24) is 0 Å². The molecule has 6 N–H and O–H groups in total. The molecular formula is C28H42O10. The molecule has 0 aromatic carbocycles. The summed E-state index contributed by atoms with van der Waals surface area (Å²) in [6.07, 6.45) is -0.0338. The first-order valence-electron chi connectivity index (χ1n) is 14.1. The monoisotopic (exact) mass is 538 g/mol. The first-order valence-corrected chi connectivity index (χ1v) is 14.1. The number of hydrogen-bond acceptors (Lipinski definition) is 10. The molecule has 13 unspecified atom stereocenters. The first kappa shape index (κ1) is 27.1. The highest BCUT2D eigenvalue weighted by Gasteiger charge is 2.72. The van der Waals surface area contributed by atoms with E-state index in [0.29, 0.717) is 38.5 Å². The lowest BCUT2D eigenvalue weighted by Crippen LogP contribution is -2.70. The molecule has 1 saturated heterocycles. The number of carbonyl (C=O) groups excluding carboxylic acids is 1. The molecule has 2 heterocycles. The Labute approximate surface area is 222 Å². The predicted molar refractivity (Wildman–Crippen MR) is 131 cm³/mol. The number of carbonyl (C=O) groups is 1. The quantitative estimate of drug-likeness (QED) is 0.271. The SMILES string of the molecule is CC12CCC(OC3OC(CO)C(O)C3O)CC1(O)CCC1C2C(O)CC2(C)C(C3=CC(=O)OC3)CCC12O. The summed E-state index contributed by atoms with van der Waals surface area (Å²) in [5.41, 5.74) is -2.52. The van der Waals surface area contributed by atoms with Gasteiger partial charge in [-0.05, 0) is 68.3 Å². The molecule has 2 aliphatic heterocycles. The van der Waals surface area contributed by atoms with Crippen LogP contribution in [0.25, 0.3) is 0 Å². The second-order valence-electron chi connectivity index (χ2n) is 13.4. The number of cyclic esters (lactones) is 1.